The van der Waals surface area contributed by atoms with Crippen LogP contribution in [0.1, 0.15) is 37.8 Å². The number of aliphatic carboxylic acids is 1. The van der Waals surface area contributed by atoms with Gasteiger partial charge in [-0.05, 0) is 24.1 Å². The summed E-state index contributed by atoms with van der Waals surface area (Å²) >= 11 is 0. The molecule has 7 heteroatoms. The van der Waals surface area contributed by atoms with E-state index in [2.05, 4.69) is 5.32 Å². The van der Waals surface area contributed by atoms with E-state index in [4.69, 9.17) is 9.84 Å². The zero-order valence-corrected chi connectivity index (χ0v) is 11.6. The lowest BCUT2D eigenvalue weighted by molar-refractivity contribution is -0.137. The van der Waals surface area contributed by atoms with Crippen molar-refractivity contribution in [3.05, 3.63) is 35.4 Å². The Morgan fingerprint density at radius 2 is 2.05 bits per heavy atom. The van der Waals surface area contributed by atoms with E-state index in [-0.39, 0.29) is 12.2 Å². The summed E-state index contributed by atoms with van der Waals surface area (Å²) in [5, 5.41) is 11.2. The minimum absolute atomic E-state index is 0.156. The predicted octanol–water partition coefficient (Wildman–Crippen LogP) is 3.01. The van der Waals surface area contributed by atoms with Crippen molar-refractivity contribution < 1.29 is 28.2 Å². The standard InChI is InChI=1S/C14H17F2NO4/c1-2-3-6-21-14(20)17-12(8-13(18)19)9-4-5-10(15)11(16)7-9/h4-5,7,12H,2-3,6,8H2,1H3,(H,17,20)(H,18,19). The number of alkyl carbamates (subject to hydrolysis) is 1. The summed E-state index contributed by atoms with van der Waals surface area (Å²) in [5.41, 5.74) is 0.156. The molecule has 1 aromatic carbocycles. The molecule has 0 bridgehead atoms. The van der Waals surface area contributed by atoms with Gasteiger partial charge in [0, 0.05) is 0 Å². The highest BCUT2D eigenvalue weighted by Crippen LogP contribution is 2.19. The number of hydrogen-bond acceptors (Lipinski definition) is 3. The average Bonchev–Trinajstić information content (AvgIpc) is 2.41. The van der Waals surface area contributed by atoms with Crippen LogP contribution in [0.2, 0.25) is 0 Å². The molecule has 0 aliphatic heterocycles. The maximum atomic E-state index is 13.2. The zero-order valence-electron chi connectivity index (χ0n) is 11.6. The van der Waals surface area contributed by atoms with Gasteiger partial charge >= 0.3 is 12.1 Å². The number of amides is 1. The molecule has 5 nitrogen and oxygen atoms in total. The maximum Gasteiger partial charge on any atom is 0.407 e. The van der Waals surface area contributed by atoms with E-state index < -0.39 is 36.2 Å². The first-order chi connectivity index (χ1) is 9.93. The quantitative estimate of drug-likeness (QED) is 0.759. The number of halogens is 2. The van der Waals surface area contributed by atoms with Gasteiger partial charge in [0.1, 0.15) is 0 Å². The number of benzene rings is 1. The molecule has 0 aliphatic carbocycles. The summed E-state index contributed by atoms with van der Waals surface area (Å²) in [5.74, 6) is -3.33. The number of carbonyl (C=O) groups is 2. The number of rotatable bonds is 7. The Hall–Kier alpha value is -2.18. The highest BCUT2D eigenvalue weighted by atomic mass is 19.2. The van der Waals surface area contributed by atoms with Crippen LogP contribution in [0.4, 0.5) is 13.6 Å². The van der Waals surface area contributed by atoms with Crippen LogP contribution in [-0.2, 0) is 9.53 Å². The molecule has 0 aromatic heterocycles. The molecule has 1 aromatic rings. The summed E-state index contributed by atoms with van der Waals surface area (Å²) < 4.78 is 30.9. The first kappa shape index (κ1) is 16.9. The highest BCUT2D eigenvalue weighted by molar-refractivity contribution is 5.71. The van der Waals surface area contributed by atoms with E-state index in [9.17, 15) is 18.4 Å². The first-order valence-corrected chi connectivity index (χ1v) is 6.54. The minimum Gasteiger partial charge on any atom is -0.481 e. The van der Waals surface area contributed by atoms with Gasteiger partial charge in [0.2, 0.25) is 0 Å². The van der Waals surface area contributed by atoms with Crippen molar-refractivity contribution in [3.63, 3.8) is 0 Å². The number of ether oxygens (including phenoxy) is 1. The van der Waals surface area contributed by atoms with Crippen molar-refractivity contribution in [1.82, 2.24) is 5.32 Å². The normalized spacial score (nSPS) is 11.8. The fraction of sp³-hybridized carbons (Fsp3) is 0.429. The molecule has 0 heterocycles. The van der Waals surface area contributed by atoms with E-state index in [0.29, 0.717) is 6.42 Å². The molecule has 0 radical (unpaired) electrons. The van der Waals surface area contributed by atoms with Crippen molar-refractivity contribution >= 4 is 12.1 Å². The van der Waals surface area contributed by atoms with E-state index in [1.165, 1.54) is 6.07 Å². The molecule has 0 saturated heterocycles. The number of carbonyl (C=O) groups excluding carboxylic acids is 1. The Labute approximate surface area is 120 Å². The number of carboxylic acids is 1. The summed E-state index contributed by atoms with van der Waals surface area (Å²) in [4.78, 5) is 22.4. The van der Waals surface area contributed by atoms with Crippen LogP contribution in [0.5, 0.6) is 0 Å². The summed E-state index contributed by atoms with van der Waals surface area (Å²) in [6, 6.07) is 1.96. The fourth-order valence-electron chi connectivity index (χ4n) is 1.65. The third kappa shape index (κ3) is 5.76. The van der Waals surface area contributed by atoms with Gasteiger partial charge in [0.05, 0.1) is 19.1 Å². The second kappa shape index (κ2) is 8.18. The molecule has 0 saturated carbocycles. The van der Waals surface area contributed by atoms with Gasteiger partial charge in [0.25, 0.3) is 0 Å². The predicted molar refractivity (Wildman–Crippen MR) is 70.7 cm³/mol. The zero-order chi connectivity index (χ0) is 15.8. The largest absolute Gasteiger partial charge is 0.481 e. The molecule has 2 N–H and O–H groups in total. The van der Waals surface area contributed by atoms with Crippen LogP contribution < -0.4 is 5.32 Å². The smallest absolute Gasteiger partial charge is 0.407 e. The summed E-state index contributed by atoms with van der Waals surface area (Å²) in [7, 11) is 0. The molecular weight excluding hydrogens is 284 g/mol. The van der Waals surface area contributed by atoms with Crippen LogP contribution in [0.3, 0.4) is 0 Å². The molecule has 1 unspecified atom stereocenters. The fourth-order valence-corrected chi connectivity index (χ4v) is 1.65. The van der Waals surface area contributed by atoms with Gasteiger partial charge in [-0.25, -0.2) is 13.6 Å². The van der Waals surface area contributed by atoms with Crippen LogP contribution >= 0.6 is 0 Å². The summed E-state index contributed by atoms with van der Waals surface area (Å²) in [6.45, 7) is 2.13. The Bertz CT molecular complexity index is 508. The molecule has 1 atom stereocenters. The molecule has 0 spiro atoms. The summed E-state index contributed by atoms with van der Waals surface area (Å²) in [6.07, 6.45) is 0.268. The lowest BCUT2D eigenvalue weighted by Gasteiger charge is -2.17. The van der Waals surface area contributed by atoms with Crippen molar-refractivity contribution in [3.8, 4) is 0 Å². The molecule has 0 aliphatic rings. The van der Waals surface area contributed by atoms with Crippen LogP contribution in [-0.4, -0.2) is 23.8 Å². The van der Waals surface area contributed by atoms with Gasteiger partial charge < -0.3 is 15.2 Å². The number of nitrogens with one attached hydrogen (secondary N) is 1. The Morgan fingerprint density at radius 3 is 2.62 bits per heavy atom. The van der Waals surface area contributed by atoms with Crippen LogP contribution in [0.25, 0.3) is 0 Å². The van der Waals surface area contributed by atoms with Gasteiger partial charge in [0.15, 0.2) is 11.6 Å². The monoisotopic (exact) mass is 301 g/mol. The lowest BCUT2D eigenvalue weighted by atomic mass is 10.0. The van der Waals surface area contributed by atoms with E-state index in [1.807, 2.05) is 6.92 Å². The van der Waals surface area contributed by atoms with Gasteiger partial charge in [-0.1, -0.05) is 19.4 Å². The van der Waals surface area contributed by atoms with Crippen molar-refractivity contribution in [2.45, 2.75) is 32.2 Å². The van der Waals surface area contributed by atoms with Crippen molar-refractivity contribution in [2.24, 2.45) is 0 Å². The Morgan fingerprint density at radius 1 is 1.33 bits per heavy atom. The van der Waals surface area contributed by atoms with Crippen molar-refractivity contribution in [2.75, 3.05) is 6.61 Å². The number of hydrogen-bond donors (Lipinski definition) is 2. The van der Waals surface area contributed by atoms with Crippen LogP contribution in [0, 0.1) is 11.6 Å². The topological polar surface area (TPSA) is 75.6 Å². The highest BCUT2D eigenvalue weighted by Gasteiger charge is 2.20. The maximum absolute atomic E-state index is 13.2. The van der Waals surface area contributed by atoms with Gasteiger partial charge in [-0.2, -0.15) is 0 Å². The molecule has 1 rings (SSSR count). The lowest BCUT2D eigenvalue weighted by Crippen LogP contribution is -2.31. The number of unbranched alkanes of at least 4 members (excludes halogenated alkanes) is 1. The second-order valence-electron chi connectivity index (χ2n) is 4.46. The van der Waals surface area contributed by atoms with Gasteiger partial charge in [-0.3, -0.25) is 4.79 Å². The Kier molecular flexibility index (Phi) is 6.58. The van der Waals surface area contributed by atoms with E-state index in [0.717, 1.165) is 18.6 Å². The second-order valence-corrected chi connectivity index (χ2v) is 4.46. The SMILES string of the molecule is CCCCOC(=O)NC(CC(=O)O)c1ccc(F)c(F)c1. The van der Waals surface area contributed by atoms with Crippen LogP contribution in [0.15, 0.2) is 18.2 Å². The molecule has 116 valence electrons. The molecular formula is C14H17F2NO4. The van der Waals surface area contributed by atoms with E-state index >= 15 is 0 Å². The first-order valence-electron chi connectivity index (χ1n) is 6.54. The minimum atomic E-state index is -1.18. The third-order valence-electron chi connectivity index (χ3n) is 2.75. The van der Waals surface area contributed by atoms with Crippen molar-refractivity contribution in [1.29, 1.82) is 0 Å². The Balaban J connectivity index is 2.77. The third-order valence-corrected chi connectivity index (χ3v) is 2.75. The molecule has 0 fully saturated rings. The average molecular weight is 301 g/mol. The van der Waals surface area contributed by atoms with E-state index in [1.54, 1.807) is 0 Å². The van der Waals surface area contributed by atoms with Gasteiger partial charge in [-0.15, -0.1) is 0 Å². The molecule has 1 amide bonds. The molecule has 21 heavy (non-hydrogen) atoms. The number of carboxylic acid groups (broad SMARTS) is 1.